The average molecular weight is 244 g/mol. The lowest BCUT2D eigenvalue weighted by molar-refractivity contribution is 0.310. The molecule has 1 heterocycles. The molecule has 3 nitrogen and oxygen atoms in total. The zero-order chi connectivity index (χ0) is 13.0. The normalized spacial score (nSPS) is 10.8. The number of benzene rings is 1. The number of ether oxygens (including phenoxy) is 1. The Kier molecular flexibility index (Phi) is 4.15. The van der Waals surface area contributed by atoms with E-state index < -0.39 is 0 Å². The highest BCUT2D eigenvalue weighted by Crippen LogP contribution is 2.23. The van der Waals surface area contributed by atoms with E-state index in [0.717, 1.165) is 41.8 Å². The Balaban J connectivity index is 2.30. The zero-order valence-electron chi connectivity index (χ0n) is 11.1. The maximum absolute atomic E-state index is 5.71. The SMILES string of the molecule is CCCCOc1ccc2nc(CN)cc(C)c2c1. The van der Waals surface area contributed by atoms with Crippen LogP contribution in [0.25, 0.3) is 10.9 Å². The minimum absolute atomic E-state index is 0.478. The van der Waals surface area contributed by atoms with Gasteiger partial charge in [-0.25, -0.2) is 0 Å². The van der Waals surface area contributed by atoms with Gasteiger partial charge in [0.1, 0.15) is 5.75 Å². The lowest BCUT2D eigenvalue weighted by Gasteiger charge is -2.09. The second-order valence-electron chi connectivity index (χ2n) is 4.52. The van der Waals surface area contributed by atoms with Crippen LogP contribution in [0.2, 0.25) is 0 Å². The van der Waals surface area contributed by atoms with E-state index in [1.807, 2.05) is 18.2 Å². The van der Waals surface area contributed by atoms with Crippen molar-refractivity contribution in [1.29, 1.82) is 0 Å². The summed E-state index contributed by atoms with van der Waals surface area (Å²) in [6, 6.07) is 8.08. The largest absolute Gasteiger partial charge is 0.494 e. The number of nitrogens with zero attached hydrogens (tertiary/aromatic N) is 1. The van der Waals surface area contributed by atoms with Crippen molar-refractivity contribution >= 4 is 10.9 Å². The number of fused-ring (bicyclic) bond motifs is 1. The van der Waals surface area contributed by atoms with Crippen LogP contribution in [0.5, 0.6) is 5.75 Å². The number of hydrogen-bond acceptors (Lipinski definition) is 3. The molecule has 0 saturated heterocycles. The van der Waals surface area contributed by atoms with Gasteiger partial charge in [-0.1, -0.05) is 13.3 Å². The first-order chi connectivity index (χ1) is 8.74. The smallest absolute Gasteiger partial charge is 0.120 e. The first-order valence-corrected chi connectivity index (χ1v) is 6.47. The van der Waals surface area contributed by atoms with Gasteiger partial charge in [-0.05, 0) is 43.2 Å². The molecule has 0 atom stereocenters. The van der Waals surface area contributed by atoms with Crippen LogP contribution >= 0.6 is 0 Å². The van der Waals surface area contributed by atoms with Crippen LogP contribution in [0.3, 0.4) is 0 Å². The number of aromatic nitrogens is 1. The van der Waals surface area contributed by atoms with Crippen LogP contribution in [0, 0.1) is 6.92 Å². The first kappa shape index (κ1) is 12.8. The highest BCUT2D eigenvalue weighted by Gasteiger charge is 2.04. The summed E-state index contributed by atoms with van der Waals surface area (Å²) in [5, 5.41) is 1.14. The molecule has 0 aliphatic rings. The van der Waals surface area contributed by atoms with Crippen molar-refractivity contribution in [3.05, 3.63) is 35.5 Å². The van der Waals surface area contributed by atoms with Crippen LogP contribution in [0.15, 0.2) is 24.3 Å². The van der Waals surface area contributed by atoms with Gasteiger partial charge in [-0.15, -0.1) is 0 Å². The number of unbranched alkanes of at least 4 members (excludes halogenated alkanes) is 1. The van der Waals surface area contributed by atoms with Crippen LogP contribution < -0.4 is 10.5 Å². The summed E-state index contributed by atoms with van der Waals surface area (Å²) in [7, 11) is 0. The van der Waals surface area contributed by atoms with Gasteiger partial charge in [-0.3, -0.25) is 4.98 Å². The number of aryl methyl sites for hydroxylation is 1. The Bertz CT molecular complexity index is 537. The molecule has 0 amide bonds. The van der Waals surface area contributed by atoms with Gasteiger partial charge in [0.15, 0.2) is 0 Å². The highest BCUT2D eigenvalue weighted by molar-refractivity contribution is 5.83. The molecule has 0 aliphatic carbocycles. The lowest BCUT2D eigenvalue weighted by Crippen LogP contribution is -2.01. The fourth-order valence-corrected chi connectivity index (χ4v) is 1.97. The Morgan fingerprint density at radius 1 is 1.28 bits per heavy atom. The van der Waals surface area contributed by atoms with Crippen molar-refractivity contribution in [2.75, 3.05) is 6.61 Å². The lowest BCUT2D eigenvalue weighted by atomic mass is 10.1. The summed E-state index contributed by atoms with van der Waals surface area (Å²) in [4.78, 5) is 4.51. The van der Waals surface area contributed by atoms with E-state index in [1.165, 1.54) is 5.56 Å². The molecule has 2 rings (SSSR count). The summed E-state index contributed by atoms with van der Waals surface area (Å²) in [6.07, 6.45) is 2.23. The molecule has 2 N–H and O–H groups in total. The molecule has 1 aromatic heterocycles. The van der Waals surface area contributed by atoms with Gasteiger partial charge in [0.05, 0.1) is 17.8 Å². The molecule has 0 spiro atoms. The van der Waals surface area contributed by atoms with Crippen LogP contribution in [0.1, 0.15) is 31.0 Å². The maximum atomic E-state index is 5.71. The summed E-state index contributed by atoms with van der Waals surface area (Å²) >= 11 is 0. The van der Waals surface area contributed by atoms with Crippen LogP contribution in [0.4, 0.5) is 0 Å². The standard InChI is InChI=1S/C15H20N2O/c1-3-4-7-18-13-5-6-15-14(9-13)11(2)8-12(10-16)17-15/h5-6,8-9H,3-4,7,10,16H2,1-2H3. The first-order valence-electron chi connectivity index (χ1n) is 6.47. The van der Waals surface area contributed by atoms with Crippen LogP contribution in [-0.2, 0) is 6.54 Å². The van der Waals surface area contributed by atoms with E-state index in [-0.39, 0.29) is 0 Å². The van der Waals surface area contributed by atoms with Crippen LogP contribution in [-0.4, -0.2) is 11.6 Å². The molecule has 1 aromatic carbocycles. The fourth-order valence-electron chi connectivity index (χ4n) is 1.97. The summed E-state index contributed by atoms with van der Waals surface area (Å²) in [5.41, 5.74) is 8.74. The zero-order valence-corrected chi connectivity index (χ0v) is 11.1. The van der Waals surface area contributed by atoms with Gasteiger partial charge in [0.25, 0.3) is 0 Å². The molecule has 0 saturated carbocycles. The molecule has 0 fully saturated rings. The molecule has 0 aliphatic heterocycles. The molecule has 0 unspecified atom stereocenters. The third-order valence-electron chi connectivity index (χ3n) is 3.02. The number of rotatable bonds is 5. The summed E-state index contributed by atoms with van der Waals surface area (Å²) in [5.74, 6) is 0.918. The van der Waals surface area contributed by atoms with E-state index in [0.29, 0.717) is 6.54 Å². The van der Waals surface area contributed by atoms with Gasteiger partial charge in [0, 0.05) is 11.9 Å². The third kappa shape index (κ3) is 2.79. The van der Waals surface area contributed by atoms with E-state index in [1.54, 1.807) is 0 Å². The molecular formula is C15H20N2O. The molecule has 96 valence electrons. The van der Waals surface area contributed by atoms with Crippen molar-refractivity contribution in [1.82, 2.24) is 4.98 Å². The Morgan fingerprint density at radius 2 is 2.11 bits per heavy atom. The third-order valence-corrected chi connectivity index (χ3v) is 3.02. The monoisotopic (exact) mass is 244 g/mol. The van der Waals surface area contributed by atoms with Crippen molar-refractivity contribution in [2.24, 2.45) is 5.73 Å². The van der Waals surface area contributed by atoms with E-state index in [2.05, 4.69) is 24.9 Å². The Morgan fingerprint density at radius 3 is 2.83 bits per heavy atom. The number of pyridine rings is 1. The average Bonchev–Trinajstić information content (AvgIpc) is 2.39. The maximum Gasteiger partial charge on any atom is 0.120 e. The predicted octanol–water partition coefficient (Wildman–Crippen LogP) is 3.18. The minimum Gasteiger partial charge on any atom is -0.494 e. The molecule has 18 heavy (non-hydrogen) atoms. The molecule has 0 bridgehead atoms. The van der Waals surface area contributed by atoms with Gasteiger partial charge in [-0.2, -0.15) is 0 Å². The number of hydrogen-bond donors (Lipinski definition) is 1. The quantitative estimate of drug-likeness (QED) is 0.822. The molecule has 3 heteroatoms. The highest BCUT2D eigenvalue weighted by atomic mass is 16.5. The summed E-state index contributed by atoms with van der Waals surface area (Å²) < 4.78 is 5.71. The van der Waals surface area contributed by atoms with E-state index >= 15 is 0 Å². The van der Waals surface area contributed by atoms with Crippen molar-refractivity contribution < 1.29 is 4.74 Å². The summed E-state index contributed by atoms with van der Waals surface area (Å²) in [6.45, 7) is 5.49. The van der Waals surface area contributed by atoms with Gasteiger partial charge >= 0.3 is 0 Å². The van der Waals surface area contributed by atoms with E-state index in [9.17, 15) is 0 Å². The molecular weight excluding hydrogens is 224 g/mol. The minimum atomic E-state index is 0.478. The fraction of sp³-hybridized carbons (Fsp3) is 0.400. The second-order valence-corrected chi connectivity index (χ2v) is 4.52. The van der Waals surface area contributed by atoms with Gasteiger partial charge in [0.2, 0.25) is 0 Å². The van der Waals surface area contributed by atoms with Gasteiger partial charge < -0.3 is 10.5 Å². The second kappa shape index (κ2) is 5.83. The number of nitrogens with two attached hydrogens (primary N) is 1. The molecule has 0 radical (unpaired) electrons. The Labute approximate surface area is 108 Å². The van der Waals surface area contributed by atoms with Crippen molar-refractivity contribution in [3.8, 4) is 5.75 Å². The molecule has 2 aromatic rings. The van der Waals surface area contributed by atoms with Crippen molar-refractivity contribution in [2.45, 2.75) is 33.2 Å². The Hall–Kier alpha value is -1.61. The predicted molar refractivity (Wildman–Crippen MR) is 74.8 cm³/mol. The topological polar surface area (TPSA) is 48.1 Å². The van der Waals surface area contributed by atoms with E-state index in [4.69, 9.17) is 10.5 Å². The van der Waals surface area contributed by atoms with Crippen molar-refractivity contribution in [3.63, 3.8) is 0 Å².